The minimum atomic E-state index is -2.87. The second-order valence-corrected chi connectivity index (χ2v) is 7.95. The summed E-state index contributed by atoms with van der Waals surface area (Å²) in [5.74, 6) is 0.375. The van der Waals surface area contributed by atoms with Crippen LogP contribution < -0.4 is 15.9 Å². The number of pyridine rings is 1. The summed E-state index contributed by atoms with van der Waals surface area (Å²) in [4.78, 5) is 4.09. The summed E-state index contributed by atoms with van der Waals surface area (Å²) in [5, 5.41) is 14.4. The summed E-state index contributed by atoms with van der Waals surface area (Å²) in [6.45, 7) is 0. The first kappa shape index (κ1) is 15.3. The molecular weight excluding hydrogens is 307 g/mol. The molecule has 0 radical (unpaired) electrons. The van der Waals surface area contributed by atoms with Crippen LogP contribution in [0.5, 0.6) is 5.75 Å². The first-order chi connectivity index (χ1) is 11.2. The van der Waals surface area contributed by atoms with Crippen LogP contribution in [0.3, 0.4) is 0 Å². The van der Waals surface area contributed by atoms with Gasteiger partial charge in [-0.2, -0.15) is 0 Å². The Morgan fingerprint density at radius 3 is 1.96 bits per heavy atom. The van der Waals surface area contributed by atoms with Crippen LogP contribution in [0.15, 0.2) is 79.0 Å². The number of anilines is 1. The highest BCUT2D eigenvalue weighted by atomic mass is 31.2. The second-order valence-electron chi connectivity index (χ2n) is 5.12. The van der Waals surface area contributed by atoms with Gasteiger partial charge in [0, 0.05) is 16.8 Å². The lowest BCUT2D eigenvalue weighted by Gasteiger charge is -2.20. The Hall–Kier alpha value is -2.58. The summed E-state index contributed by atoms with van der Waals surface area (Å²) >= 11 is 0. The van der Waals surface area contributed by atoms with Crippen LogP contribution >= 0.6 is 7.14 Å². The maximum Gasteiger partial charge on any atom is 0.168 e. The third-order valence-corrected chi connectivity index (χ3v) is 6.47. The standard InChI is InChI=1S/C18H17N2O2P/c21-17-12-7-13-19-18(17)20-14-23(22,15-8-3-1-4-9-15)16-10-5-2-6-11-16/h1-13,21H,14H2,(H,19,20). The zero-order valence-electron chi connectivity index (χ0n) is 12.5. The van der Waals surface area contributed by atoms with Gasteiger partial charge in [-0.3, -0.25) is 0 Å². The van der Waals surface area contributed by atoms with Crippen molar-refractivity contribution in [1.29, 1.82) is 0 Å². The van der Waals surface area contributed by atoms with Gasteiger partial charge in [0.2, 0.25) is 0 Å². The maximum atomic E-state index is 13.7. The van der Waals surface area contributed by atoms with Gasteiger partial charge in [0.25, 0.3) is 0 Å². The van der Waals surface area contributed by atoms with Gasteiger partial charge in [-0.15, -0.1) is 0 Å². The molecule has 0 saturated carbocycles. The number of hydrogen-bond acceptors (Lipinski definition) is 4. The van der Waals surface area contributed by atoms with E-state index in [-0.39, 0.29) is 12.0 Å². The van der Waals surface area contributed by atoms with E-state index < -0.39 is 7.14 Å². The van der Waals surface area contributed by atoms with Gasteiger partial charge in [0.1, 0.15) is 0 Å². The van der Waals surface area contributed by atoms with Crippen molar-refractivity contribution in [3.8, 4) is 5.75 Å². The van der Waals surface area contributed by atoms with Crippen molar-refractivity contribution < 1.29 is 9.67 Å². The predicted molar refractivity (Wildman–Crippen MR) is 94.2 cm³/mol. The zero-order chi connectivity index (χ0) is 16.1. The highest BCUT2D eigenvalue weighted by Gasteiger charge is 2.27. The van der Waals surface area contributed by atoms with E-state index in [1.807, 2.05) is 60.7 Å². The molecule has 0 amide bonds. The number of aromatic nitrogens is 1. The molecule has 23 heavy (non-hydrogen) atoms. The van der Waals surface area contributed by atoms with Crippen LogP contribution in [0.25, 0.3) is 0 Å². The summed E-state index contributed by atoms with van der Waals surface area (Å²) in [6, 6.07) is 22.0. The van der Waals surface area contributed by atoms with Gasteiger partial charge in [0.05, 0.1) is 6.29 Å². The summed E-state index contributed by atoms with van der Waals surface area (Å²) in [7, 11) is -2.87. The average molecular weight is 324 g/mol. The molecule has 2 aromatic carbocycles. The van der Waals surface area contributed by atoms with E-state index in [1.54, 1.807) is 18.3 Å². The largest absolute Gasteiger partial charge is 0.504 e. The van der Waals surface area contributed by atoms with E-state index in [2.05, 4.69) is 10.3 Å². The third kappa shape index (κ3) is 3.27. The molecule has 3 rings (SSSR count). The molecule has 0 aliphatic rings. The molecule has 4 nitrogen and oxygen atoms in total. The van der Waals surface area contributed by atoms with E-state index in [1.165, 1.54) is 0 Å². The smallest absolute Gasteiger partial charge is 0.168 e. The Morgan fingerprint density at radius 2 is 1.43 bits per heavy atom. The topological polar surface area (TPSA) is 62.2 Å². The molecule has 0 aliphatic carbocycles. The molecule has 0 saturated heterocycles. The van der Waals surface area contributed by atoms with Gasteiger partial charge in [-0.25, -0.2) is 4.98 Å². The number of rotatable bonds is 5. The van der Waals surface area contributed by atoms with Gasteiger partial charge in [0.15, 0.2) is 18.7 Å². The van der Waals surface area contributed by atoms with Crippen molar-refractivity contribution in [2.45, 2.75) is 0 Å². The van der Waals surface area contributed by atoms with Crippen LogP contribution in [0.4, 0.5) is 5.82 Å². The van der Waals surface area contributed by atoms with Crippen molar-refractivity contribution in [3.05, 3.63) is 79.0 Å². The third-order valence-electron chi connectivity index (χ3n) is 3.60. The maximum absolute atomic E-state index is 13.7. The highest BCUT2D eigenvalue weighted by molar-refractivity contribution is 7.78. The van der Waals surface area contributed by atoms with E-state index in [4.69, 9.17) is 0 Å². The minimum absolute atomic E-state index is 0.0418. The normalized spacial score (nSPS) is 11.1. The Bertz CT molecular complexity index is 779. The van der Waals surface area contributed by atoms with Crippen molar-refractivity contribution in [1.82, 2.24) is 4.98 Å². The second kappa shape index (κ2) is 6.67. The van der Waals surface area contributed by atoms with Crippen LogP contribution in [-0.2, 0) is 4.57 Å². The molecule has 0 unspecified atom stereocenters. The number of nitrogens with zero attached hydrogens (tertiary/aromatic N) is 1. The van der Waals surface area contributed by atoms with Gasteiger partial charge in [-0.1, -0.05) is 60.7 Å². The lowest BCUT2D eigenvalue weighted by atomic mass is 10.4. The van der Waals surface area contributed by atoms with Crippen molar-refractivity contribution in [2.75, 3.05) is 11.6 Å². The van der Waals surface area contributed by atoms with Crippen LogP contribution in [0.2, 0.25) is 0 Å². The van der Waals surface area contributed by atoms with E-state index in [0.29, 0.717) is 5.82 Å². The molecule has 5 heteroatoms. The molecule has 3 aromatic rings. The first-order valence-corrected chi connectivity index (χ1v) is 9.17. The highest BCUT2D eigenvalue weighted by Crippen LogP contribution is 2.43. The number of aromatic hydroxyl groups is 1. The lowest BCUT2D eigenvalue weighted by molar-refractivity contribution is 0.475. The Labute approximate surface area is 135 Å². The van der Waals surface area contributed by atoms with Gasteiger partial charge < -0.3 is 15.0 Å². The summed E-state index contributed by atoms with van der Waals surface area (Å²) in [5.41, 5.74) is 0. The molecule has 2 N–H and O–H groups in total. The fourth-order valence-electron chi connectivity index (χ4n) is 2.39. The number of hydrogen-bond donors (Lipinski definition) is 2. The molecule has 0 aliphatic heterocycles. The van der Waals surface area contributed by atoms with Crippen LogP contribution in [0, 0.1) is 0 Å². The molecule has 0 bridgehead atoms. The van der Waals surface area contributed by atoms with Crippen molar-refractivity contribution in [2.24, 2.45) is 0 Å². The number of nitrogens with one attached hydrogen (secondary N) is 1. The van der Waals surface area contributed by atoms with Gasteiger partial charge >= 0.3 is 0 Å². The fourth-order valence-corrected chi connectivity index (χ4v) is 4.73. The molecular formula is C18H17N2O2P. The van der Waals surface area contributed by atoms with E-state index in [9.17, 15) is 9.67 Å². The lowest BCUT2D eigenvalue weighted by Crippen LogP contribution is -2.22. The van der Waals surface area contributed by atoms with E-state index >= 15 is 0 Å². The Kier molecular flexibility index (Phi) is 4.45. The predicted octanol–water partition coefficient (Wildman–Crippen LogP) is 3.17. The summed E-state index contributed by atoms with van der Waals surface area (Å²) in [6.07, 6.45) is 1.77. The van der Waals surface area contributed by atoms with Crippen LogP contribution in [-0.4, -0.2) is 16.4 Å². The monoisotopic (exact) mass is 324 g/mol. The SMILES string of the molecule is O=P(CNc1ncccc1O)(c1ccccc1)c1ccccc1. The van der Waals surface area contributed by atoms with Crippen molar-refractivity contribution >= 4 is 23.6 Å². The van der Waals surface area contributed by atoms with Crippen molar-refractivity contribution in [3.63, 3.8) is 0 Å². The minimum Gasteiger partial charge on any atom is -0.504 e. The molecule has 0 fully saturated rings. The molecule has 116 valence electrons. The van der Waals surface area contributed by atoms with Gasteiger partial charge in [-0.05, 0) is 12.1 Å². The average Bonchev–Trinajstić information content (AvgIpc) is 2.62. The quantitative estimate of drug-likeness (QED) is 0.708. The summed E-state index contributed by atoms with van der Waals surface area (Å²) < 4.78 is 13.7. The molecule has 1 heterocycles. The zero-order valence-corrected chi connectivity index (χ0v) is 13.4. The first-order valence-electron chi connectivity index (χ1n) is 7.28. The molecule has 1 aromatic heterocycles. The Balaban J connectivity index is 1.97. The van der Waals surface area contributed by atoms with Crippen LogP contribution in [0.1, 0.15) is 0 Å². The molecule has 0 spiro atoms. The Morgan fingerprint density at radius 1 is 0.870 bits per heavy atom. The molecule has 0 atom stereocenters. The number of benzene rings is 2. The fraction of sp³-hybridized carbons (Fsp3) is 0.0556. The van der Waals surface area contributed by atoms with E-state index in [0.717, 1.165) is 10.6 Å².